The lowest BCUT2D eigenvalue weighted by Crippen LogP contribution is -2.53. The average Bonchev–Trinajstić information content (AvgIpc) is 3.01. The molecule has 0 atom stereocenters. The van der Waals surface area contributed by atoms with Crippen molar-refractivity contribution in [1.82, 2.24) is 19.7 Å². The quantitative estimate of drug-likeness (QED) is 0.677. The largest absolute Gasteiger partial charge is 0.496 e. The second-order valence-electron chi connectivity index (χ2n) is 8.57. The molecule has 1 aliphatic heterocycles. The molecular weight excluding hydrogens is 372 g/mol. The molecule has 5 nitrogen and oxygen atoms in total. The Morgan fingerprint density at radius 3 is 2.57 bits per heavy atom. The van der Waals surface area contributed by atoms with Crippen molar-refractivity contribution in [3.63, 3.8) is 0 Å². The molecule has 6 heteroatoms. The summed E-state index contributed by atoms with van der Waals surface area (Å²) in [6.45, 7) is 8.82. The van der Waals surface area contributed by atoms with Gasteiger partial charge in [-0.2, -0.15) is 0 Å². The molecule has 0 aliphatic carbocycles. The van der Waals surface area contributed by atoms with Crippen molar-refractivity contribution in [3.05, 3.63) is 53.5 Å². The molecule has 1 aliphatic rings. The number of imidazole rings is 1. The van der Waals surface area contributed by atoms with E-state index >= 15 is 0 Å². The number of halogens is 1. The number of methoxy groups -OCH3 is 1. The van der Waals surface area contributed by atoms with Gasteiger partial charge in [0.25, 0.3) is 0 Å². The van der Waals surface area contributed by atoms with Gasteiger partial charge in [-0.25, -0.2) is 9.97 Å². The van der Waals surface area contributed by atoms with Crippen LogP contribution in [0.5, 0.6) is 5.75 Å². The normalized spacial score (nSPS) is 18.1. The zero-order valence-corrected chi connectivity index (χ0v) is 17.6. The van der Waals surface area contributed by atoms with Crippen LogP contribution in [-0.4, -0.2) is 32.6 Å². The topological polar surface area (TPSA) is 51.5 Å². The highest BCUT2D eigenvalue weighted by molar-refractivity contribution is 6.30. The summed E-state index contributed by atoms with van der Waals surface area (Å²) in [5.41, 5.74) is 3.83. The van der Waals surface area contributed by atoms with Gasteiger partial charge in [-0.05, 0) is 64.0 Å². The van der Waals surface area contributed by atoms with E-state index in [2.05, 4.69) is 45.2 Å². The summed E-state index contributed by atoms with van der Waals surface area (Å²) in [4.78, 5) is 9.57. The van der Waals surface area contributed by atoms with E-state index < -0.39 is 0 Å². The van der Waals surface area contributed by atoms with Gasteiger partial charge in [0, 0.05) is 34.1 Å². The van der Waals surface area contributed by atoms with Crippen LogP contribution in [-0.2, 0) is 0 Å². The third-order valence-corrected chi connectivity index (χ3v) is 5.16. The SMILES string of the molecule is COc1cc(Cl)ccc1-c1cn2ccc(C3=CC(C)(C)NC(C)(C)C3)nc2n1. The number of nitrogens with one attached hydrogen (secondary N) is 1. The van der Waals surface area contributed by atoms with Crippen molar-refractivity contribution in [1.29, 1.82) is 0 Å². The van der Waals surface area contributed by atoms with Gasteiger partial charge < -0.3 is 10.1 Å². The van der Waals surface area contributed by atoms with Gasteiger partial charge in [0.05, 0.1) is 18.5 Å². The van der Waals surface area contributed by atoms with E-state index in [9.17, 15) is 0 Å². The molecule has 0 amide bonds. The predicted octanol–water partition coefficient (Wildman–Crippen LogP) is 4.99. The molecule has 0 saturated carbocycles. The van der Waals surface area contributed by atoms with Crippen molar-refractivity contribution >= 4 is 23.0 Å². The van der Waals surface area contributed by atoms with Crippen molar-refractivity contribution in [3.8, 4) is 17.0 Å². The van der Waals surface area contributed by atoms with Crippen LogP contribution in [0.3, 0.4) is 0 Å². The molecule has 1 N–H and O–H groups in total. The summed E-state index contributed by atoms with van der Waals surface area (Å²) in [6.07, 6.45) is 7.16. The monoisotopic (exact) mass is 396 g/mol. The smallest absolute Gasteiger partial charge is 0.234 e. The first-order valence-electron chi connectivity index (χ1n) is 9.37. The maximum absolute atomic E-state index is 6.09. The van der Waals surface area contributed by atoms with Gasteiger partial charge in [-0.3, -0.25) is 4.40 Å². The van der Waals surface area contributed by atoms with Gasteiger partial charge in [-0.15, -0.1) is 0 Å². The Bertz CT molecular complexity index is 1080. The van der Waals surface area contributed by atoms with E-state index in [-0.39, 0.29) is 11.1 Å². The van der Waals surface area contributed by atoms with Crippen LogP contribution < -0.4 is 10.1 Å². The summed E-state index contributed by atoms with van der Waals surface area (Å²) in [7, 11) is 1.63. The van der Waals surface area contributed by atoms with E-state index in [0.717, 1.165) is 23.4 Å². The molecule has 146 valence electrons. The highest BCUT2D eigenvalue weighted by atomic mass is 35.5. The predicted molar refractivity (Wildman–Crippen MR) is 114 cm³/mol. The fraction of sp³-hybridized carbons (Fsp3) is 0.364. The van der Waals surface area contributed by atoms with Gasteiger partial charge in [-0.1, -0.05) is 17.7 Å². The molecule has 0 bridgehead atoms. The number of hydrogen-bond donors (Lipinski definition) is 1. The van der Waals surface area contributed by atoms with Gasteiger partial charge in [0.1, 0.15) is 5.75 Å². The fourth-order valence-corrected chi connectivity index (χ4v) is 4.30. The van der Waals surface area contributed by atoms with E-state index in [1.807, 2.05) is 28.9 Å². The molecule has 0 unspecified atom stereocenters. The molecule has 4 rings (SSSR count). The second kappa shape index (κ2) is 6.61. The summed E-state index contributed by atoms with van der Waals surface area (Å²) < 4.78 is 7.41. The van der Waals surface area contributed by atoms with Crippen LogP contribution in [0.15, 0.2) is 42.7 Å². The zero-order chi connectivity index (χ0) is 20.1. The Labute approximate surface area is 170 Å². The van der Waals surface area contributed by atoms with Crippen LogP contribution in [0.25, 0.3) is 22.6 Å². The molecule has 1 aromatic carbocycles. The Kier molecular flexibility index (Phi) is 4.47. The van der Waals surface area contributed by atoms with Crippen LogP contribution in [0.1, 0.15) is 39.8 Å². The maximum atomic E-state index is 6.09. The zero-order valence-electron chi connectivity index (χ0n) is 16.9. The molecule has 0 spiro atoms. The highest BCUT2D eigenvalue weighted by Crippen LogP contribution is 2.34. The number of fused-ring (bicyclic) bond motifs is 1. The van der Waals surface area contributed by atoms with Crippen LogP contribution >= 0.6 is 11.6 Å². The lowest BCUT2D eigenvalue weighted by atomic mass is 9.82. The lowest BCUT2D eigenvalue weighted by molar-refractivity contribution is 0.297. The fourth-order valence-electron chi connectivity index (χ4n) is 4.14. The first kappa shape index (κ1) is 19.0. The van der Waals surface area contributed by atoms with Crippen LogP contribution in [0.2, 0.25) is 5.02 Å². The van der Waals surface area contributed by atoms with Crippen molar-refractivity contribution < 1.29 is 4.74 Å². The second-order valence-corrected chi connectivity index (χ2v) is 9.00. The van der Waals surface area contributed by atoms with Crippen LogP contribution in [0, 0.1) is 0 Å². The minimum Gasteiger partial charge on any atom is -0.496 e. The van der Waals surface area contributed by atoms with E-state index in [1.54, 1.807) is 13.2 Å². The minimum absolute atomic E-state index is 0.0125. The molecule has 2 aromatic heterocycles. The highest BCUT2D eigenvalue weighted by Gasteiger charge is 2.33. The standard InChI is InChI=1S/C22H25ClN4O/c1-21(2)11-14(12-22(3,4)26-21)17-8-9-27-13-18(25-20(27)24-17)16-7-6-15(23)10-19(16)28-5/h6-11,13,26H,12H2,1-5H3. The third-order valence-electron chi connectivity index (χ3n) is 4.92. The Morgan fingerprint density at radius 1 is 1.11 bits per heavy atom. The molecule has 3 aromatic rings. The van der Waals surface area contributed by atoms with Gasteiger partial charge in [0.2, 0.25) is 5.78 Å². The number of aromatic nitrogens is 3. The number of ether oxygens (including phenoxy) is 1. The Balaban J connectivity index is 1.77. The minimum atomic E-state index is -0.0812. The number of nitrogens with zero attached hydrogens (tertiary/aromatic N) is 3. The summed E-state index contributed by atoms with van der Waals surface area (Å²) in [5.74, 6) is 1.36. The molecule has 0 saturated heterocycles. The van der Waals surface area contributed by atoms with Crippen molar-refractivity contribution in [2.45, 2.75) is 45.2 Å². The Hall–Kier alpha value is -2.37. The van der Waals surface area contributed by atoms with Gasteiger partial charge >= 0.3 is 0 Å². The van der Waals surface area contributed by atoms with Crippen molar-refractivity contribution in [2.75, 3.05) is 7.11 Å². The average molecular weight is 397 g/mol. The molecule has 3 heterocycles. The summed E-state index contributed by atoms with van der Waals surface area (Å²) in [5, 5.41) is 4.29. The van der Waals surface area contributed by atoms with E-state index in [0.29, 0.717) is 16.5 Å². The van der Waals surface area contributed by atoms with E-state index in [4.69, 9.17) is 26.3 Å². The first-order chi connectivity index (χ1) is 13.2. The van der Waals surface area contributed by atoms with Gasteiger partial charge in [0.15, 0.2) is 0 Å². The number of rotatable bonds is 3. The summed E-state index contributed by atoms with van der Waals surface area (Å²) >= 11 is 6.09. The molecule has 28 heavy (non-hydrogen) atoms. The van der Waals surface area contributed by atoms with E-state index in [1.165, 1.54) is 5.57 Å². The van der Waals surface area contributed by atoms with Crippen molar-refractivity contribution in [2.24, 2.45) is 0 Å². The molecule has 0 radical (unpaired) electrons. The third kappa shape index (κ3) is 3.64. The maximum Gasteiger partial charge on any atom is 0.234 e. The molecule has 0 fully saturated rings. The molecular formula is C22H25ClN4O. The first-order valence-corrected chi connectivity index (χ1v) is 9.75. The lowest BCUT2D eigenvalue weighted by Gasteiger charge is -2.41. The van der Waals surface area contributed by atoms with Crippen LogP contribution in [0.4, 0.5) is 0 Å². The number of benzene rings is 1. The Morgan fingerprint density at radius 2 is 1.86 bits per heavy atom. The number of hydrogen-bond acceptors (Lipinski definition) is 4. The summed E-state index contributed by atoms with van der Waals surface area (Å²) in [6, 6.07) is 7.61.